The van der Waals surface area contributed by atoms with Crippen LogP contribution in [-0.4, -0.2) is 40.6 Å². The second kappa shape index (κ2) is 6.34. The van der Waals surface area contributed by atoms with Crippen LogP contribution in [0.5, 0.6) is 0 Å². The third-order valence-electron chi connectivity index (χ3n) is 4.62. The van der Waals surface area contributed by atoms with Crippen LogP contribution in [0.1, 0.15) is 44.3 Å². The first-order valence-corrected chi connectivity index (χ1v) is 8.01. The van der Waals surface area contributed by atoms with Crippen molar-refractivity contribution in [3.63, 3.8) is 0 Å². The molecule has 1 amide bonds. The molecule has 2 fully saturated rings. The highest BCUT2D eigenvalue weighted by molar-refractivity contribution is 5.77. The van der Waals surface area contributed by atoms with Gasteiger partial charge in [0.2, 0.25) is 5.91 Å². The number of halogens is 1. The molecule has 1 aliphatic heterocycles. The van der Waals surface area contributed by atoms with Gasteiger partial charge >= 0.3 is 0 Å². The number of aliphatic hydroxyl groups is 1. The summed E-state index contributed by atoms with van der Waals surface area (Å²) in [6.07, 6.45) is 2.50. The van der Waals surface area contributed by atoms with Crippen LogP contribution in [0.2, 0.25) is 0 Å². The molecule has 3 rings (SSSR count). The zero-order valence-corrected chi connectivity index (χ0v) is 12.8. The fourth-order valence-corrected chi connectivity index (χ4v) is 3.37. The molecule has 120 valence electrons. The van der Waals surface area contributed by atoms with Crippen molar-refractivity contribution in [2.45, 2.75) is 56.8 Å². The molecule has 1 saturated heterocycles. The third kappa shape index (κ3) is 3.65. The summed E-state index contributed by atoms with van der Waals surface area (Å²) in [5.41, 5.74) is 0.439. The van der Waals surface area contributed by atoms with Crippen molar-refractivity contribution in [3.8, 4) is 0 Å². The quantitative estimate of drug-likeness (QED) is 0.875. The maximum absolute atomic E-state index is 13.1. The monoisotopic (exact) mass is 306 g/mol. The van der Waals surface area contributed by atoms with Crippen LogP contribution < -0.4 is 5.32 Å². The molecule has 0 aromatic heterocycles. The first-order valence-electron chi connectivity index (χ1n) is 8.01. The van der Waals surface area contributed by atoms with Crippen molar-refractivity contribution in [2.75, 3.05) is 6.54 Å². The topological polar surface area (TPSA) is 52.6 Å². The van der Waals surface area contributed by atoms with Crippen molar-refractivity contribution < 1.29 is 14.3 Å². The van der Waals surface area contributed by atoms with Crippen molar-refractivity contribution >= 4 is 5.91 Å². The molecule has 22 heavy (non-hydrogen) atoms. The average molecular weight is 306 g/mol. The summed E-state index contributed by atoms with van der Waals surface area (Å²) >= 11 is 0. The summed E-state index contributed by atoms with van der Waals surface area (Å²) in [7, 11) is 0. The van der Waals surface area contributed by atoms with E-state index in [-0.39, 0.29) is 18.4 Å². The fraction of sp³-hybridized carbons (Fsp3) is 0.588. The number of nitrogens with zero attached hydrogens (tertiary/aromatic N) is 1. The lowest BCUT2D eigenvalue weighted by atomic mass is 10.1. The Morgan fingerprint density at radius 3 is 2.95 bits per heavy atom. The Morgan fingerprint density at radius 1 is 1.50 bits per heavy atom. The van der Waals surface area contributed by atoms with Gasteiger partial charge < -0.3 is 10.4 Å². The van der Waals surface area contributed by atoms with Crippen molar-refractivity contribution in [2.24, 2.45) is 0 Å². The van der Waals surface area contributed by atoms with Gasteiger partial charge in [0.25, 0.3) is 0 Å². The molecule has 1 saturated carbocycles. The molecule has 1 aromatic rings. The molecule has 1 aromatic carbocycles. The molecular formula is C17H23FN2O2. The van der Waals surface area contributed by atoms with Gasteiger partial charge in [-0.15, -0.1) is 0 Å². The fourth-order valence-electron chi connectivity index (χ4n) is 3.37. The van der Waals surface area contributed by atoms with Gasteiger partial charge in [-0.2, -0.15) is 0 Å². The van der Waals surface area contributed by atoms with E-state index in [0.717, 1.165) is 13.0 Å². The van der Waals surface area contributed by atoms with Gasteiger partial charge in [0, 0.05) is 24.7 Å². The standard InChI is InChI=1S/C17H23FN2O2/c1-11-7-14(10-20(11)15-5-6-15)19-17(22)9-16(21)12-3-2-4-13(18)8-12/h2-4,8,11,14-16,21H,5-7,9-10H2,1H3,(H,19,22). The molecule has 0 bridgehead atoms. The highest BCUT2D eigenvalue weighted by Crippen LogP contribution is 2.33. The van der Waals surface area contributed by atoms with Crippen LogP contribution in [0.3, 0.4) is 0 Å². The van der Waals surface area contributed by atoms with Gasteiger partial charge in [-0.05, 0) is 43.9 Å². The highest BCUT2D eigenvalue weighted by Gasteiger charge is 2.39. The van der Waals surface area contributed by atoms with Crippen molar-refractivity contribution in [1.29, 1.82) is 0 Å². The molecule has 3 unspecified atom stereocenters. The number of likely N-dealkylation sites (tertiary alicyclic amines) is 1. The second-order valence-electron chi connectivity index (χ2n) is 6.55. The Kier molecular flexibility index (Phi) is 4.45. The van der Waals surface area contributed by atoms with E-state index in [2.05, 4.69) is 17.1 Å². The Bertz CT molecular complexity index is 547. The number of nitrogens with one attached hydrogen (secondary N) is 1. The van der Waals surface area contributed by atoms with E-state index in [9.17, 15) is 14.3 Å². The molecule has 3 atom stereocenters. The van der Waals surface area contributed by atoms with E-state index < -0.39 is 11.9 Å². The van der Waals surface area contributed by atoms with Gasteiger partial charge in [-0.3, -0.25) is 9.69 Å². The van der Waals surface area contributed by atoms with Gasteiger partial charge in [-0.1, -0.05) is 12.1 Å². The van der Waals surface area contributed by atoms with Crippen LogP contribution in [0.4, 0.5) is 4.39 Å². The largest absolute Gasteiger partial charge is 0.388 e. The van der Waals surface area contributed by atoms with Crippen LogP contribution in [0.25, 0.3) is 0 Å². The SMILES string of the molecule is CC1CC(NC(=O)CC(O)c2cccc(F)c2)CN1C1CC1. The zero-order valence-electron chi connectivity index (χ0n) is 12.8. The van der Waals surface area contributed by atoms with E-state index in [0.29, 0.717) is 17.6 Å². The number of carbonyl (C=O) groups excluding carboxylic acids is 1. The smallest absolute Gasteiger partial charge is 0.223 e. The molecule has 0 spiro atoms. The molecule has 2 aliphatic rings. The number of carbonyl (C=O) groups is 1. The number of amides is 1. The molecule has 5 heteroatoms. The Hall–Kier alpha value is -1.46. The summed E-state index contributed by atoms with van der Waals surface area (Å²) in [6.45, 7) is 3.10. The van der Waals surface area contributed by atoms with Crippen molar-refractivity contribution in [1.82, 2.24) is 10.2 Å². The summed E-state index contributed by atoms with van der Waals surface area (Å²) in [6, 6.07) is 7.13. The molecule has 4 nitrogen and oxygen atoms in total. The van der Waals surface area contributed by atoms with Crippen molar-refractivity contribution in [3.05, 3.63) is 35.6 Å². The number of hydrogen-bond acceptors (Lipinski definition) is 3. The first-order chi connectivity index (χ1) is 10.5. The van der Waals surface area contributed by atoms with E-state index in [1.54, 1.807) is 6.07 Å². The van der Waals surface area contributed by atoms with Crippen LogP contribution >= 0.6 is 0 Å². The second-order valence-corrected chi connectivity index (χ2v) is 6.55. The summed E-state index contributed by atoms with van der Waals surface area (Å²) in [5.74, 6) is -0.576. The molecule has 1 heterocycles. The minimum absolute atomic E-state index is 0.0300. The first kappa shape index (κ1) is 15.4. The lowest BCUT2D eigenvalue weighted by molar-refractivity contribution is -0.123. The maximum atomic E-state index is 13.1. The van der Waals surface area contributed by atoms with Gasteiger partial charge in [0.05, 0.1) is 12.5 Å². The predicted octanol–water partition coefficient (Wildman–Crippen LogP) is 1.99. The molecule has 1 aliphatic carbocycles. The molecule has 0 radical (unpaired) electrons. The lowest BCUT2D eigenvalue weighted by Crippen LogP contribution is -2.38. The third-order valence-corrected chi connectivity index (χ3v) is 4.62. The van der Waals surface area contributed by atoms with Crippen LogP contribution in [0, 0.1) is 5.82 Å². The highest BCUT2D eigenvalue weighted by atomic mass is 19.1. The zero-order chi connectivity index (χ0) is 15.7. The number of hydrogen-bond donors (Lipinski definition) is 2. The molecule has 2 N–H and O–H groups in total. The van der Waals surface area contributed by atoms with Crippen LogP contribution in [-0.2, 0) is 4.79 Å². The number of aliphatic hydroxyl groups excluding tert-OH is 1. The summed E-state index contributed by atoms with van der Waals surface area (Å²) in [5, 5.41) is 13.1. The van der Waals surface area contributed by atoms with E-state index in [4.69, 9.17) is 0 Å². The average Bonchev–Trinajstić information content (AvgIpc) is 3.23. The van der Waals surface area contributed by atoms with E-state index >= 15 is 0 Å². The number of benzene rings is 1. The van der Waals surface area contributed by atoms with E-state index in [1.807, 2.05) is 0 Å². The summed E-state index contributed by atoms with van der Waals surface area (Å²) < 4.78 is 13.1. The normalized spacial score (nSPS) is 26.9. The maximum Gasteiger partial charge on any atom is 0.223 e. The Morgan fingerprint density at radius 2 is 2.27 bits per heavy atom. The van der Waals surface area contributed by atoms with Crippen LogP contribution in [0.15, 0.2) is 24.3 Å². The summed E-state index contributed by atoms with van der Waals surface area (Å²) in [4.78, 5) is 14.5. The van der Waals surface area contributed by atoms with Gasteiger partial charge in [-0.25, -0.2) is 4.39 Å². The Labute approximate surface area is 130 Å². The minimum Gasteiger partial charge on any atom is -0.388 e. The Balaban J connectivity index is 1.50. The minimum atomic E-state index is -0.964. The van der Waals surface area contributed by atoms with Gasteiger partial charge in [0.1, 0.15) is 5.82 Å². The predicted molar refractivity (Wildman–Crippen MR) is 81.7 cm³/mol. The van der Waals surface area contributed by atoms with Gasteiger partial charge in [0.15, 0.2) is 0 Å². The molecular weight excluding hydrogens is 283 g/mol. The van der Waals surface area contributed by atoms with E-state index in [1.165, 1.54) is 31.0 Å². The lowest BCUT2D eigenvalue weighted by Gasteiger charge is -2.20. The number of rotatable bonds is 5.